The Bertz CT molecular complexity index is 103. The molecule has 0 N–H and O–H groups in total. The topological polar surface area (TPSA) is 23.1 Å². The average Bonchev–Trinajstić information content (AvgIpc) is 1.69. The molecule has 1 heteroatoms. The standard InChI is InChI=1S/C6H7O/c7-6-4-2-1-3-5-6/h1-4,6H,5H2/q-1. The molecule has 0 heterocycles. The van der Waals surface area contributed by atoms with Crippen LogP contribution in [-0.4, -0.2) is 6.10 Å². The summed E-state index contributed by atoms with van der Waals surface area (Å²) in [6.45, 7) is 0. The van der Waals surface area contributed by atoms with Crippen molar-refractivity contribution >= 4 is 0 Å². The van der Waals surface area contributed by atoms with Crippen LogP contribution >= 0.6 is 0 Å². The summed E-state index contributed by atoms with van der Waals surface area (Å²) in [6.07, 6.45) is 7.42. The minimum absolute atomic E-state index is 0.481. The lowest BCUT2D eigenvalue weighted by atomic mass is 10.1. The first-order valence-corrected chi connectivity index (χ1v) is 2.39. The van der Waals surface area contributed by atoms with E-state index in [1.165, 1.54) is 0 Å². The summed E-state index contributed by atoms with van der Waals surface area (Å²) in [7, 11) is 0. The molecule has 0 aliphatic heterocycles. The van der Waals surface area contributed by atoms with Gasteiger partial charge in [-0.25, -0.2) is 0 Å². The van der Waals surface area contributed by atoms with Gasteiger partial charge in [0, 0.05) is 0 Å². The number of rotatable bonds is 0. The molecule has 0 saturated heterocycles. The molecule has 0 fully saturated rings. The fourth-order valence-corrected chi connectivity index (χ4v) is 0.558. The van der Waals surface area contributed by atoms with Crippen LogP contribution in [0.15, 0.2) is 24.3 Å². The molecule has 0 aromatic rings. The first-order chi connectivity index (χ1) is 3.39. The van der Waals surface area contributed by atoms with Crippen LogP contribution in [0.2, 0.25) is 0 Å². The third kappa shape index (κ3) is 1.16. The zero-order valence-corrected chi connectivity index (χ0v) is 4.00. The third-order valence-electron chi connectivity index (χ3n) is 0.941. The molecular weight excluding hydrogens is 88.1 g/mol. The van der Waals surface area contributed by atoms with Crippen LogP contribution in [0.1, 0.15) is 6.42 Å². The molecule has 1 aliphatic rings. The fourth-order valence-electron chi connectivity index (χ4n) is 0.558. The third-order valence-corrected chi connectivity index (χ3v) is 0.941. The molecular formula is C6H7O-. The van der Waals surface area contributed by atoms with Gasteiger partial charge in [-0.05, 0) is 6.42 Å². The smallest absolute Gasteiger partial charge is 0.0438 e. The monoisotopic (exact) mass is 95.1 g/mol. The highest BCUT2D eigenvalue weighted by Crippen LogP contribution is 1.97. The van der Waals surface area contributed by atoms with Gasteiger partial charge in [0.05, 0.1) is 0 Å². The summed E-state index contributed by atoms with van der Waals surface area (Å²) in [4.78, 5) is 0. The zero-order valence-electron chi connectivity index (χ0n) is 4.00. The maximum Gasteiger partial charge on any atom is -0.0438 e. The van der Waals surface area contributed by atoms with Crippen LogP contribution in [0.4, 0.5) is 0 Å². The highest BCUT2D eigenvalue weighted by Gasteiger charge is 1.85. The van der Waals surface area contributed by atoms with Crippen LogP contribution in [-0.2, 0) is 0 Å². The highest BCUT2D eigenvalue weighted by molar-refractivity contribution is 5.10. The molecule has 1 rings (SSSR count). The molecule has 0 aromatic heterocycles. The first-order valence-electron chi connectivity index (χ1n) is 2.39. The normalized spacial score (nSPS) is 28.4. The number of hydrogen-bond acceptors (Lipinski definition) is 1. The van der Waals surface area contributed by atoms with Gasteiger partial charge < -0.3 is 5.11 Å². The molecule has 0 spiro atoms. The van der Waals surface area contributed by atoms with Crippen molar-refractivity contribution in [2.75, 3.05) is 0 Å². The summed E-state index contributed by atoms with van der Waals surface area (Å²) in [5, 5.41) is 10.4. The Balaban J connectivity index is 2.49. The molecule has 7 heavy (non-hydrogen) atoms. The molecule has 1 atom stereocenters. The maximum absolute atomic E-state index is 10.4. The maximum atomic E-state index is 10.4. The highest BCUT2D eigenvalue weighted by atomic mass is 16.3. The van der Waals surface area contributed by atoms with Gasteiger partial charge in [-0.3, -0.25) is 0 Å². The van der Waals surface area contributed by atoms with Crippen molar-refractivity contribution in [2.24, 2.45) is 0 Å². The van der Waals surface area contributed by atoms with E-state index >= 15 is 0 Å². The predicted octanol–water partition coefficient (Wildman–Crippen LogP) is 0.231. The molecule has 0 amide bonds. The van der Waals surface area contributed by atoms with Crippen molar-refractivity contribution in [2.45, 2.75) is 12.5 Å². The average molecular weight is 95.1 g/mol. The molecule has 0 bridgehead atoms. The van der Waals surface area contributed by atoms with Gasteiger partial charge in [0.15, 0.2) is 0 Å². The fraction of sp³-hybridized carbons (Fsp3) is 0.333. The Morgan fingerprint density at radius 1 is 1.43 bits per heavy atom. The van der Waals surface area contributed by atoms with E-state index < -0.39 is 6.10 Å². The molecule has 1 nitrogen and oxygen atoms in total. The minimum atomic E-state index is -0.481. The van der Waals surface area contributed by atoms with E-state index in [1.54, 1.807) is 12.2 Å². The van der Waals surface area contributed by atoms with Crippen LogP contribution in [0.25, 0.3) is 0 Å². The molecule has 38 valence electrons. The molecule has 1 aliphatic carbocycles. The SMILES string of the molecule is [O-]C1C=CC=CC1. The van der Waals surface area contributed by atoms with Gasteiger partial charge in [-0.2, -0.15) is 0 Å². The van der Waals surface area contributed by atoms with Crippen molar-refractivity contribution in [1.29, 1.82) is 0 Å². The van der Waals surface area contributed by atoms with Crippen LogP contribution < -0.4 is 5.11 Å². The number of allylic oxidation sites excluding steroid dienone is 2. The van der Waals surface area contributed by atoms with Gasteiger partial charge in [0.1, 0.15) is 0 Å². The lowest BCUT2D eigenvalue weighted by Gasteiger charge is -2.16. The van der Waals surface area contributed by atoms with Gasteiger partial charge in [0.25, 0.3) is 0 Å². The van der Waals surface area contributed by atoms with E-state index in [1.807, 2.05) is 12.2 Å². The summed E-state index contributed by atoms with van der Waals surface area (Å²) in [5.74, 6) is 0. The van der Waals surface area contributed by atoms with Gasteiger partial charge in [-0.15, -0.1) is 6.10 Å². The van der Waals surface area contributed by atoms with E-state index in [4.69, 9.17) is 0 Å². The van der Waals surface area contributed by atoms with Gasteiger partial charge >= 0.3 is 0 Å². The van der Waals surface area contributed by atoms with Crippen LogP contribution in [0, 0.1) is 0 Å². The van der Waals surface area contributed by atoms with Crippen molar-refractivity contribution in [1.82, 2.24) is 0 Å². The van der Waals surface area contributed by atoms with Crippen molar-refractivity contribution in [3.63, 3.8) is 0 Å². The van der Waals surface area contributed by atoms with E-state index in [0.29, 0.717) is 6.42 Å². The van der Waals surface area contributed by atoms with Gasteiger partial charge in [-0.1, -0.05) is 24.3 Å². The molecule has 0 radical (unpaired) electrons. The lowest BCUT2D eigenvalue weighted by Crippen LogP contribution is -2.21. The minimum Gasteiger partial charge on any atom is -0.849 e. The molecule has 0 saturated carbocycles. The Labute approximate surface area is 43.0 Å². The second-order valence-electron chi connectivity index (χ2n) is 1.59. The van der Waals surface area contributed by atoms with E-state index in [2.05, 4.69) is 0 Å². The summed E-state index contributed by atoms with van der Waals surface area (Å²) < 4.78 is 0. The Hall–Kier alpha value is -0.560. The van der Waals surface area contributed by atoms with E-state index in [-0.39, 0.29) is 0 Å². The quantitative estimate of drug-likeness (QED) is 0.422. The second-order valence-corrected chi connectivity index (χ2v) is 1.59. The van der Waals surface area contributed by atoms with Crippen LogP contribution in [0.3, 0.4) is 0 Å². The molecule has 0 aromatic carbocycles. The largest absolute Gasteiger partial charge is 0.849 e. The van der Waals surface area contributed by atoms with E-state index in [9.17, 15) is 5.11 Å². The second kappa shape index (κ2) is 1.94. The summed E-state index contributed by atoms with van der Waals surface area (Å²) in [5.41, 5.74) is 0. The van der Waals surface area contributed by atoms with Crippen molar-refractivity contribution < 1.29 is 5.11 Å². The zero-order chi connectivity index (χ0) is 5.11. The van der Waals surface area contributed by atoms with E-state index in [0.717, 1.165) is 0 Å². The predicted molar refractivity (Wildman–Crippen MR) is 26.7 cm³/mol. The number of hydrogen-bond donors (Lipinski definition) is 0. The Morgan fingerprint density at radius 3 is 2.57 bits per heavy atom. The first kappa shape index (κ1) is 4.60. The lowest BCUT2D eigenvalue weighted by molar-refractivity contribution is -0.402. The Morgan fingerprint density at radius 2 is 2.29 bits per heavy atom. The summed E-state index contributed by atoms with van der Waals surface area (Å²) >= 11 is 0. The Kier molecular flexibility index (Phi) is 1.27. The van der Waals surface area contributed by atoms with Gasteiger partial charge in [0.2, 0.25) is 0 Å². The van der Waals surface area contributed by atoms with Crippen molar-refractivity contribution in [3.8, 4) is 0 Å². The molecule has 1 unspecified atom stereocenters. The van der Waals surface area contributed by atoms with Crippen molar-refractivity contribution in [3.05, 3.63) is 24.3 Å². The van der Waals surface area contributed by atoms with Crippen LogP contribution in [0.5, 0.6) is 0 Å². The summed E-state index contributed by atoms with van der Waals surface area (Å²) in [6, 6.07) is 0.